The van der Waals surface area contributed by atoms with Gasteiger partial charge in [-0.25, -0.2) is 0 Å². The predicted molar refractivity (Wildman–Crippen MR) is 51.0 cm³/mol. The Kier molecular flexibility index (Phi) is 6.57. The first kappa shape index (κ1) is 10.9. The lowest BCUT2D eigenvalue weighted by Gasteiger charge is -2.16. The smallest absolute Gasteiger partial charge is 0.0674 e. The van der Waals surface area contributed by atoms with Gasteiger partial charge in [-0.15, -0.1) is 0 Å². The maximum absolute atomic E-state index is 5.53. The first-order valence-corrected chi connectivity index (χ1v) is 4.53. The highest BCUT2D eigenvalue weighted by Crippen LogP contribution is 1.94. The van der Waals surface area contributed by atoms with Crippen LogP contribution in [0.4, 0.5) is 0 Å². The molecule has 1 atom stereocenters. The van der Waals surface area contributed by atoms with Gasteiger partial charge in [-0.05, 0) is 33.7 Å². The average molecular weight is 161 g/mol. The van der Waals surface area contributed by atoms with Gasteiger partial charge in [-0.3, -0.25) is 0 Å². The highest BCUT2D eigenvalue weighted by Gasteiger charge is 2.02. The van der Waals surface area contributed by atoms with Crippen molar-refractivity contribution in [2.24, 2.45) is 0 Å². The minimum absolute atomic E-state index is 0. The van der Waals surface area contributed by atoms with Gasteiger partial charge in [0.1, 0.15) is 0 Å². The van der Waals surface area contributed by atoms with Crippen molar-refractivity contribution in [3.05, 3.63) is 0 Å². The first-order chi connectivity index (χ1) is 5.16. The Hall–Kier alpha value is -0.0800. The SMILES string of the molecule is CCCNCC(C)OC(C)C.[HH]. The second-order valence-corrected chi connectivity index (χ2v) is 3.20. The molecule has 2 nitrogen and oxygen atoms in total. The predicted octanol–water partition coefficient (Wildman–Crippen LogP) is 2.05. The molecule has 0 aliphatic carbocycles. The Morgan fingerprint density at radius 2 is 2.00 bits per heavy atom. The Balaban J connectivity index is 0. The van der Waals surface area contributed by atoms with Gasteiger partial charge in [0.25, 0.3) is 0 Å². The van der Waals surface area contributed by atoms with E-state index in [0.29, 0.717) is 12.2 Å². The molecule has 0 heterocycles. The fraction of sp³-hybridized carbons (Fsp3) is 1.00. The highest BCUT2D eigenvalue weighted by molar-refractivity contribution is 4.55. The molecule has 0 aromatic rings. The molecule has 0 amide bonds. The molecule has 0 saturated carbocycles. The largest absolute Gasteiger partial charge is 0.375 e. The lowest BCUT2D eigenvalue weighted by molar-refractivity contribution is 0.0197. The zero-order valence-electron chi connectivity index (χ0n) is 8.18. The van der Waals surface area contributed by atoms with E-state index in [1.54, 1.807) is 0 Å². The lowest BCUT2D eigenvalue weighted by Crippen LogP contribution is -2.29. The topological polar surface area (TPSA) is 21.3 Å². The van der Waals surface area contributed by atoms with Gasteiger partial charge in [0.2, 0.25) is 0 Å². The van der Waals surface area contributed by atoms with Gasteiger partial charge in [0.15, 0.2) is 0 Å². The molecule has 0 aromatic carbocycles. The summed E-state index contributed by atoms with van der Waals surface area (Å²) in [5, 5.41) is 3.32. The van der Waals surface area contributed by atoms with E-state index in [4.69, 9.17) is 4.74 Å². The number of rotatable bonds is 6. The minimum atomic E-state index is 0. The van der Waals surface area contributed by atoms with Crippen molar-refractivity contribution in [2.75, 3.05) is 13.1 Å². The average Bonchev–Trinajstić information content (AvgIpc) is 1.86. The van der Waals surface area contributed by atoms with Gasteiger partial charge in [0, 0.05) is 7.97 Å². The molecule has 1 N–H and O–H groups in total. The van der Waals surface area contributed by atoms with E-state index < -0.39 is 0 Å². The van der Waals surface area contributed by atoms with Crippen molar-refractivity contribution in [1.82, 2.24) is 5.32 Å². The second-order valence-electron chi connectivity index (χ2n) is 3.20. The van der Waals surface area contributed by atoms with Gasteiger partial charge >= 0.3 is 0 Å². The number of hydrogen-bond donors (Lipinski definition) is 1. The molecule has 0 aromatic heterocycles. The van der Waals surface area contributed by atoms with Crippen LogP contribution in [-0.2, 0) is 4.74 Å². The number of nitrogens with one attached hydrogen (secondary N) is 1. The molecule has 0 bridgehead atoms. The molecule has 0 aliphatic heterocycles. The summed E-state index contributed by atoms with van der Waals surface area (Å²) in [7, 11) is 0. The van der Waals surface area contributed by atoms with Crippen LogP contribution in [0, 0.1) is 0 Å². The summed E-state index contributed by atoms with van der Waals surface area (Å²) in [4.78, 5) is 0. The van der Waals surface area contributed by atoms with Crippen molar-refractivity contribution < 1.29 is 6.16 Å². The van der Waals surface area contributed by atoms with Crippen LogP contribution >= 0.6 is 0 Å². The zero-order chi connectivity index (χ0) is 8.69. The first-order valence-electron chi connectivity index (χ1n) is 4.53. The molecule has 0 saturated heterocycles. The van der Waals surface area contributed by atoms with Crippen molar-refractivity contribution in [3.63, 3.8) is 0 Å². The Bertz CT molecular complexity index is 88.6. The summed E-state index contributed by atoms with van der Waals surface area (Å²) in [6.07, 6.45) is 1.86. The summed E-state index contributed by atoms with van der Waals surface area (Å²) in [6.45, 7) is 10.5. The van der Waals surface area contributed by atoms with Crippen LogP contribution in [0.3, 0.4) is 0 Å². The molecule has 2 heteroatoms. The number of hydrogen-bond acceptors (Lipinski definition) is 2. The zero-order valence-corrected chi connectivity index (χ0v) is 8.18. The van der Waals surface area contributed by atoms with E-state index in [0.717, 1.165) is 13.1 Å². The van der Waals surface area contributed by atoms with Crippen LogP contribution in [0.1, 0.15) is 35.5 Å². The molecule has 0 rings (SSSR count). The van der Waals surface area contributed by atoms with E-state index in [1.165, 1.54) is 6.42 Å². The molecule has 0 fully saturated rings. The molecule has 0 radical (unpaired) electrons. The monoisotopic (exact) mass is 161 g/mol. The van der Waals surface area contributed by atoms with Crippen LogP contribution in [0.15, 0.2) is 0 Å². The number of ether oxygens (including phenoxy) is 1. The van der Waals surface area contributed by atoms with E-state index in [9.17, 15) is 0 Å². The van der Waals surface area contributed by atoms with Gasteiger partial charge < -0.3 is 10.1 Å². The van der Waals surface area contributed by atoms with Crippen molar-refractivity contribution >= 4 is 0 Å². The molecular formula is C9H23NO. The highest BCUT2D eigenvalue weighted by atomic mass is 16.5. The summed E-state index contributed by atoms with van der Waals surface area (Å²) >= 11 is 0. The van der Waals surface area contributed by atoms with Crippen molar-refractivity contribution in [1.29, 1.82) is 0 Å². The van der Waals surface area contributed by atoms with Crippen molar-refractivity contribution in [2.45, 2.75) is 46.3 Å². The Labute approximate surface area is 71.8 Å². The van der Waals surface area contributed by atoms with Crippen LogP contribution < -0.4 is 5.32 Å². The maximum atomic E-state index is 5.53. The standard InChI is InChI=1S/C9H21NO.H2/c1-5-6-10-7-9(4)11-8(2)3;/h8-10H,5-7H2,1-4H3;1H. The third-order valence-electron chi connectivity index (χ3n) is 1.36. The van der Waals surface area contributed by atoms with Crippen LogP contribution in [0.2, 0.25) is 0 Å². The summed E-state index contributed by atoms with van der Waals surface area (Å²) < 4.78 is 5.53. The van der Waals surface area contributed by atoms with Crippen LogP contribution in [0.5, 0.6) is 0 Å². The lowest BCUT2D eigenvalue weighted by atomic mass is 10.3. The molecule has 1 unspecified atom stereocenters. The molecule has 11 heavy (non-hydrogen) atoms. The summed E-state index contributed by atoms with van der Waals surface area (Å²) in [6, 6.07) is 0. The van der Waals surface area contributed by atoms with E-state index in [2.05, 4.69) is 33.0 Å². The molecular weight excluding hydrogens is 138 g/mol. The van der Waals surface area contributed by atoms with E-state index in [-0.39, 0.29) is 1.43 Å². The quantitative estimate of drug-likeness (QED) is 0.602. The van der Waals surface area contributed by atoms with Gasteiger partial charge in [0.05, 0.1) is 12.2 Å². The van der Waals surface area contributed by atoms with Crippen molar-refractivity contribution in [3.8, 4) is 0 Å². The third-order valence-corrected chi connectivity index (χ3v) is 1.36. The molecule has 70 valence electrons. The van der Waals surface area contributed by atoms with Gasteiger partial charge in [-0.1, -0.05) is 6.92 Å². The fourth-order valence-corrected chi connectivity index (χ4v) is 0.995. The summed E-state index contributed by atoms with van der Waals surface area (Å²) in [5.41, 5.74) is 0. The van der Waals surface area contributed by atoms with Gasteiger partial charge in [-0.2, -0.15) is 0 Å². The normalized spacial score (nSPS) is 13.9. The molecule has 0 aliphatic rings. The Morgan fingerprint density at radius 3 is 2.45 bits per heavy atom. The van der Waals surface area contributed by atoms with Crippen LogP contribution in [0.25, 0.3) is 0 Å². The molecule has 0 spiro atoms. The Morgan fingerprint density at radius 1 is 1.36 bits per heavy atom. The van der Waals surface area contributed by atoms with E-state index in [1.807, 2.05) is 0 Å². The summed E-state index contributed by atoms with van der Waals surface area (Å²) in [5.74, 6) is 0. The van der Waals surface area contributed by atoms with E-state index >= 15 is 0 Å². The fourth-order valence-electron chi connectivity index (χ4n) is 0.995. The maximum Gasteiger partial charge on any atom is 0.0674 e. The van der Waals surface area contributed by atoms with Crippen LogP contribution in [-0.4, -0.2) is 25.3 Å². The minimum Gasteiger partial charge on any atom is -0.375 e. The third kappa shape index (κ3) is 7.82. The second kappa shape index (κ2) is 6.62.